The smallest absolute Gasteiger partial charge is 0.251 e. The summed E-state index contributed by atoms with van der Waals surface area (Å²) in [5, 5.41) is 13.2. The van der Waals surface area contributed by atoms with Gasteiger partial charge in [-0.05, 0) is 35.9 Å². The zero-order valence-electron chi connectivity index (χ0n) is 12.8. The van der Waals surface area contributed by atoms with Gasteiger partial charge >= 0.3 is 0 Å². The highest BCUT2D eigenvalue weighted by Crippen LogP contribution is 2.13. The van der Waals surface area contributed by atoms with Crippen LogP contribution in [0, 0.1) is 0 Å². The molecule has 3 rings (SSSR count). The molecule has 0 aliphatic rings. The van der Waals surface area contributed by atoms with E-state index in [2.05, 4.69) is 25.4 Å². The first-order valence-corrected chi connectivity index (χ1v) is 8.95. The minimum atomic E-state index is -3.34. The van der Waals surface area contributed by atoms with Crippen LogP contribution < -0.4 is 10.0 Å². The highest BCUT2D eigenvalue weighted by Gasteiger charge is 2.08. The number of nitrogens with zero attached hydrogens (tertiary/aromatic N) is 2. The summed E-state index contributed by atoms with van der Waals surface area (Å²) in [6.45, 7) is 0.273. The molecule has 1 amide bonds. The van der Waals surface area contributed by atoms with Crippen LogP contribution in [0.25, 0.3) is 11.0 Å². The predicted molar refractivity (Wildman–Crippen MR) is 90.0 cm³/mol. The number of hydrogen-bond donors (Lipinski definition) is 3. The molecule has 8 nitrogen and oxygen atoms in total. The topological polar surface area (TPSA) is 117 Å². The Morgan fingerprint density at radius 2 is 1.92 bits per heavy atom. The molecule has 0 saturated carbocycles. The maximum atomic E-state index is 12.2. The van der Waals surface area contributed by atoms with Gasteiger partial charge in [-0.25, -0.2) is 8.42 Å². The van der Waals surface area contributed by atoms with Gasteiger partial charge in [0, 0.05) is 17.8 Å². The van der Waals surface area contributed by atoms with E-state index in [0.717, 1.165) is 11.8 Å². The largest absolute Gasteiger partial charge is 0.348 e. The number of amides is 1. The molecule has 0 spiro atoms. The molecule has 0 atom stereocenters. The van der Waals surface area contributed by atoms with Crippen LogP contribution in [0.2, 0.25) is 0 Å². The van der Waals surface area contributed by atoms with E-state index in [1.54, 1.807) is 42.5 Å². The molecule has 3 N–H and O–H groups in total. The molecule has 9 heteroatoms. The summed E-state index contributed by atoms with van der Waals surface area (Å²) < 4.78 is 24.9. The maximum absolute atomic E-state index is 12.2. The fraction of sp³-hybridized carbons (Fsp3) is 0.133. The number of sulfonamides is 1. The van der Waals surface area contributed by atoms with Crippen molar-refractivity contribution >= 4 is 32.7 Å². The van der Waals surface area contributed by atoms with Gasteiger partial charge in [0.1, 0.15) is 11.0 Å². The Balaban J connectivity index is 1.68. The summed E-state index contributed by atoms with van der Waals surface area (Å²) in [5.41, 5.74) is 3.00. The minimum absolute atomic E-state index is 0.249. The highest BCUT2D eigenvalue weighted by atomic mass is 32.2. The average Bonchev–Trinajstić information content (AvgIpc) is 2.99. The van der Waals surface area contributed by atoms with Crippen molar-refractivity contribution < 1.29 is 13.2 Å². The van der Waals surface area contributed by atoms with Crippen molar-refractivity contribution in [2.45, 2.75) is 6.54 Å². The number of rotatable bonds is 5. The molecule has 0 fully saturated rings. The summed E-state index contributed by atoms with van der Waals surface area (Å²) >= 11 is 0. The minimum Gasteiger partial charge on any atom is -0.348 e. The predicted octanol–water partition coefficient (Wildman–Crippen LogP) is 1.26. The standard InChI is InChI=1S/C15H15N5O3S/c1-24(22,23)19-12-4-2-3-10(7-12)9-16-15(21)11-5-6-13-14(8-11)18-20-17-13/h2-8,19H,9H2,1H3,(H,16,21)(H,17,18,20). The molecule has 1 aromatic heterocycles. The van der Waals surface area contributed by atoms with Gasteiger partial charge in [-0.15, -0.1) is 0 Å². The fourth-order valence-electron chi connectivity index (χ4n) is 2.22. The van der Waals surface area contributed by atoms with E-state index >= 15 is 0 Å². The van der Waals surface area contributed by atoms with Crippen LogP contribution in [0.1, 0.15) is 15.9 Å². The summed E-state index contributed by atoms with van der Waals surface area (Å²) in [6.07, 6.45) is 1.08. The highest BCUT2D eigenvalue weighted by molar-refractivity contribution is 7.92. The van der Waals surface area contributed by atoms with Crippen LogP contribution in [0.3, 0.4) is 0 Å². The molecular formula is C15H15N5O3S. The molecule has 2 aromatic carbocycles. The number of aromatic amines is 1. The van der Waals surface area contributed by atoms with Crippen LogP contribution in [0.4, 0.5) is 5.69 Å². The lowest BCUT2D eigenvalue weighted by Gasteiger charge is -2.08. The van der Waals surface area contributed by atoms with Gasteiger partial charge in [0.2, 0.25) is 10.0 Å². The Labute approximate surface area is 138 Å². The van der Waals surface area contributed by atoms with Crippen molar-refractivity contribution in [3.8, 4) is 0 Å². The molecule has 1 heterocycles. The molecule has 24 heavy (non-hydrogen) atoms. The van der Waals surface area contributed by atoms with E-state index in [0.29, 0.717) is 22.3 Å². The van der Waals surface area contributed by atoms with E-state index in [4.69, 9.17) is 0 Å². The first-order valence-electron chi connectivity index (χ1n) is 7.06. The maximum Gasteiger partial charge on any atom is 0.251 e. The van der Waals surface area contributed by atoms with Gasteiger partial charge in [0.15, 0.2) is 0 Å². The third kappa shape index (κ3) is 3.87. The molecule has 3 aromatic rings. The summed E-state index contributed by atoms with van der Waals surface area (Å²) in [5.74, 6) is -0.249. The Kier molecular flexibility index (Phi) is 4.17. The summed E-state index contributed by atoms with van der Waals surface area (Å²) in [6, 6.07) is 11.9. The normalized spacial score (nSPS) is 11.4. The third-order valence-corrected chi connectivity index (χ3v) is 3.87. The Morgan fingerprint density at radius 1 is 1.12 bits per heavy atom. The summed E-state index contributed by atoms with van der Waals surface area (Å²) in [4.78, 5) is 12.2. The van der Waals surface area contributed by atoms with Gasteiger partial charge in [0.25, 0.3) is 5.91 Å². The number of hydrogen-bond acceptors (Lipinski definition) is 5. The second-order valence-corrected chi connectivity index (χ2v) is 7.03. The van der Waals surface area contributed by atoms with Crippen LogP contribution in [0.15, 0.2) is 42.5 Å². The Bertz CT molecular complexity index is 997. The molecule has 124 valence electrons. The van der Waals surface area contributed by atoms with E-state index in [9.17, 15) is 13.2 Å². The van der Waals surface area contributed by atoms with Crippen molar-refractivity contribution in [3.05, 3.63) is 53.6 Å². The van der Waals surface area contributed by atoms with Gasteiger partial charge in [-0.3, -0.25) is 9.52 Å². The third-order valence-electron chi connectivity index (χ3n) is 3.26. The molecule has 0 saturated heterocycles. The average molecular weight is 345 g/mol. The number of fused-ring (bicyclic) bond motifs is 1. The molecule has 0 aliphatic heterocycles. The van der Waals surface area contributed by atoms with E-state index in [-0.39, 0.29) is 12.5 Å². The number of nitrogens with one attached hydrogen (secondary N) is 3. The van der Waals surface area contributed by atoms with Crippen LogP contribution >= 0.6 is 0 Å². The number of anilines is 1. The second-order valence-electron chi connectivity index (χ2n) is 5.28. The van der Waals surface area contributed by atoms with Gasteiger partial charge in [-0.1, -0.05) is 12.1 Å². The Morgan fingerprint density at radius 3 is 2.71 bits per heavy atom. The molecule has 0 radical (unpaired) electrons. The summed E-state index contributed by atoms with van der Waals surface area (Å²) in [7, 11) is -3.34. The lowest BCUT2D eigenvalue weighted by molar-refractivity contribution is 0.0951. The van der Waals surface area contributed by atoms with Crippen LogP contribution in [-0.4, -0.2) is 36.0 Å². The van der Waals surface area contributed by atoms with Crippen molar-refractivity contribution in [1.29, 1.82) is 0 Å². The second kappa shape index (κ2) is 6.28. The SMILES string of the molecule is CS(=O)(=O)Nc1cccc(CNC(=O)c2ccc3n[nH]nc3c2)c1. The van der Waals surface area contributed by atoms with E-state index < -0.39 is 10.0 Å². The van der Waals surface area contributed by atoms with Crippen LogP contribution in [-0.2, 0) is 16.6 Å². The molecular weight excluding hydrogens is 330 g/mol. The first kappa shape index (κ1) is 15.9. The van der Waals surface area contributed by atoms with E-state index in [1.807, 2.05) is 0 Å². The molecule has 0 bridgehead atoms. The number of carbonyl (C=O) groups is 1. The number of aromatic nitrogens is 3. The van der Waals surface area contributed by atoms with Crippen molar-refractivity contribution in [3.63, 3.8) is 0 Å². The van der Waals surface area contributed by atoms with E-state index in [1.165, 1.54) is 0 Å². The number of H-pyrrole nitrogens is 1. The van der Waals surface area contributed by atoms with Crippen LogP contribution in [0.5, 0.6) is 0 Å². The van der Waals surface area contributed by atoms with Crippen molar-refractivity contribution in [1.82, 2.24) is 20.7 Å². The lowest BCUT2D eigenvalue weighted by atomic mass is 10.1. The van der Waals surface area contributed by atoms with Gasteiger partial charge in [-0.2, -0.15) is 15.4 Å². The lowest BCUT2D eigenvalue weighted by Crippen LogP contribution is -2.22. The van der Waals surface area contributed by atoms with Crippen molar-refractivity contribution in [2.75, 3.05) is 11.0 Å². The zero-order valence-corrected chi connectivity index (χ0v) is 13.6. The number of carbonyl (C=O) groups excluding carboxylic acids is 1. The molecule has 0 unspecified atom stereocenters. The quantitative estimate of drug-likeness (QED) is 0.643. The number of benzene rings is 2. The molecule has 0 aliphatic carbocycles. The Hall–Kier alpha value is -2.94. The van der Waals surface area contributed by atoms with Crippen molar-refractivity contribution in [2.24, 2.45) is 0 Å². The van der Waals surface area contributed by atoms with Gasteiger partial charge in [0.05, 0.1) is 6.26 Å². The monoisotopic (exact) mass is 345 g/mol. The van der Waals surface area contributed by atoms with Gasteiger partial charge < -0.3 is 5.32 Å². The first-order chi connectivity index (χ1) is 11.4. The zero-order chi connectivity index (χ0) is 17.2. The fourth-order valence-corrected chi connectivity index (χ4v) is 2.78.